The summed E-state index contributed by atoms with van der Waals surface area (Å²) in [5.41, 5.74) is 0.620. The summed E-state index contributed by atoms with van der Waals surface area (Å²) in [6.07, 6.45) is 0.644. The highest BCUT2D eigenvalue weighted by atomic mass is 19.3. The molecule has 3 aromatic heterocycles. The van der Waals surface area contributed by atoms with Gasteiger partial charge in [0.15, 0.2) is 23.1 Å². The van der Waals surface area contributed by atoms with E-state index in [-0.39, 0.29) is 5.65 Å². The van der Waals surface area contributed by atoms with Crippen LogP contribution in [0.25, 0.3) is 11.2 Å². The van der Waals surface area contributed by atoms with E-state index in [1.54, 1.807) is 0 Å². The normalized spacial score (nSPS) is 13.9. The van der Waals surface area contributed by atoms with Gasteiger partial charge in [0.25, 0.3) is 6.43 Å². The molecule has 0 amide bonds. The Morgan fingerprint density at radius 2 is 2.22 bits per heavy atom. The van der Waals surface area contributed by atoms with E-state index < -0.39 is 12.2 Å². The Labute approximate surface area is 129 Å². The summed E-state index contributed by atoms with van der Waals surface area (Å²) in [7, 11) is 1.82. The number of H-pyrrole nitrogens is 1. The van der Waals surface area contributed by atoms with Crippen LogP contribution in [0.1, 0.15) is 30.3 Å². The third kappa shape index (κ3) is 2.30. The van der Waals surface area contributed by atoms with E-state index in [4.69, 9.17) is 0 Å². The maximum atomic E-state index is 12.8. The highest BCUT2D eigenvalue weighted by Crippen LogP contribution is 2.25. The molecular weight excluding hydrogens is 306 g/mol. The number of halogens is 2. The molecule has 0 atom stereocenters. The number of hydrogen-bond acceptors (Lipinski definition) is 6. The Bertz CT molecular complexity index is 855. The third-order valence-corrected chi connectivity index (χ3v) is 3.92. The summed E-state index contributed by atoms with van der Waals surface area (Å²) in [6, 6.07) is 0. The molecule has 1 aliphatic rings. The zero-order valence-electron chi connectivity index (χ0n) is 12.4. The molecule has 1 N–H and O–H groups in total. The lowest BCUT2D eigenvalue weighted by molar-refractivity contribution is 0.142. The van der Waals surface area contributed by atoms with Crippen molar-refractivity contribution in [2.24, 2.45) is 0 Å². The molecular formula is C13H14F2N8. The molecule has 0 fully saturated rings. The maximum absolute atomic E-state index is 12.8. The van der Waals surface area contributed by atoms with Gasteiger partial charge in [0.2, 0.25) is 0 Å². The Morgan fingerprint density at radius 3 is 3.04 bits per heavy atom. The number of nitrogens with one attached hydrogen (secondary N) is 1. The molecule has 4 heterocycles. The lowest BCUT2D eigenvalue weighted by atomic mass is 10.4. The van der Waals surface area contributed by atoms with Crippen molar-refractivity contribution in [2.75, 3.05) is 11.9 Å². The van der Waals surface area contributed by atoms with E-state index in [9.17, 15) is 8.78 Å². The first kappa shape index (κ1) is 14.0. The van der Waals surface area contributed by atoms with E-state index in [1.807, 2.05) is 11.9 Å². The van der Waals surface area contributed by atoms with Crippen LogP contribution in [0, 0.1) is 0 Å². The summed E-state index contributed by atoms with van der Waals surface area (Å²) in [5.74, 6) is 1.92. The smallest absolute Gasteiger partial charge is 0.295 e. The van der Waals surface area contributed by atoms with Crippen molar-refractivity contribution >= 4 is 17.0 Å². The fourth-order valence-electron chi connectivity index (χ4n) is 2.84. The molecule has 4 rings (SSSR count). The molecule has 0 aromatic carbocycles. The van der Waals surface area contributed by atoms with Gasteiger partial charge in [-0.2, -0.15) is 0 Å². The minimum Gasteiger partial charge on any atom is -0.350 e. The Hall–Kier alpha value is -2.65. The van der Waals surface area contributed by atoms with Gasteiger partial charge in [-0.3, -0.25) is 0 Å². The predicted molar refractivity (Wildman–Crippen MR) is 77.1 cm³/mol. The van der Waals surface area contributed by atoms with Crippen LogP contribution in [0.2, 0.25) is 0 Å². The molecule has 10 heteroatoms. The van der Waals surface area contributed by atoms with Crippen LogP contribution >= 0.6 is 0 Å². The van der Waals surface area contributed by atoms with Crippen molar-refractivity contribution in [1.82, 2.24) is 34.7 Å². The summed E-state index contributed by atoms with van der Waals surface area (Å²) < 4.78 is 27.7. The van der Waals surface area contributed by atoms with Crippen molar-refractivity contribution in [3.8, 4) is 0 Å². The van der Waals surface area contributed by atoms with E-state index in [1.165, 1.54) is 6.33 Å². The quantitative estimate of drug-likeness (QED) is 0.783. The van der Waals surface area contributed by atoms with Crippen LogP contribution in [-0.4, -0.2) is 41.7 Å². The average Bonchev–Trinajstić information content (AvgIpc) is 3.22. The predicted octanol–water partition coefficient (Wildman–Crippen LogP) is 1.46. The average molecular weight is 320 g/mol. The lowest BCUT2D eigenvalue weighted by Crippen LogP contribution is -2.21. The SMILES string of the molecule is CN(Cc1nnc2n1CCC2)c1ncnc2nc(C(F)F)[nH]c12. The van der Waals surface area contributed by atoms with Crippen molar-refractivity contribution in [1.29, 1.82) is 0 Å². The molecule has 8 nitrogen and oxygen atoms in total. The van der Waals surface area contributed by atoms with Gasteiger partial charge in [-0.25, -0.2) is 23.7 Å². The van der Waals surface area contributed by atoms with Gasteiger partial charge in [0.05, 0.1) is 6.54 Å². The van der Waals surface area contributed by atoms with Crippen LogP contribution in [0.15, 0.2) is 6.33 Å². The van der Waals surface area contributed by atoms with E-state index >= 15 is 0 Å². The lowest BCUT2D eigenvalue weighted by Gasteiger charge is -2.17. The van der Waals surface area contributed by atoms with Crippen LogP contribution < -0.4 is 4.90 Å². The number of fused-ring (bicyclic) bond motifs is 2. The van der Waals surface area contributed by atoms with E-state index in [0.29, 0.717) is 17.9 Å². The van der Waals surface area contributed by atoms with Crippen LogP contribution in [0.3, 0.4) is 0 Å². The standard InChI is InChI=1S/C13H14F2N8/c1-22(5-8-21-20-7-3-2-4-23(7)8)13-9-11(16-6-17-13)19-12(18-9)10(14)15/h6,10H,2-5H2,1H3,(H,16,17,18,19). The molecule has 0 bridgehead atoms. The van der Waals surface area contributed by atoms with Crippen molar-refractivity contribution in [3.05, 3.63) is 23.8 Å². The summed E-state index contributed by atoms with van der Waals surface area (Å²) in [4.78, 5) is 16.4. The minimum absolute atomic E-state index is 0.226. The monoisotopic (exact) mass is 320 g/mol. The molecule has 0 aliphatic carbocycles. The molecule has 0 spiro atoms. The Morgan fingerprint density at radius 1 is 1.35 bits per heavy atom. The van der Waals surface area contributed by atoms with Crippen LogP contribution in [0.5, 0.6) is 0 Å². The first-order chi connectivity index (χ1) is 11.1. The molecule has 3 aromatic rings. The molecule has 0 saturated carbocycles. The highest BCUT2D eigenvalue weighted by molar-refractivity contribution is 5.83. The number of imidazole rings is 1. The number of hydrogen-bond donors (Lipinski definition) is 1. The third-order valence-electron chi connectivity index (χ3n) is 3.92. The molecule has 0 saturated heterocycles. The summed E-state index contributed by atoms with van der Waals surface area (Å²) >= 11 is 0. The molecule has 120 valence electrons. The van der Waals surface area contributed by atoms with Crippen LogP contribution in [-0.2, 0) is 19.5 Å². The first-order valence-electron chi connectivity index (χ1n) is 7.24. The summed E-state index contributed by atoms with van der Waals surface area (Å²) in [6.45, 7) is 1.38. The number of aromatic amines is 1. The number of nitrogens with zero attached hydrogens (tertiary/aromatic N) is 7. The molecule has 0 unspecified atom stereocenters. The van der Waals surface area contributed by atoms with Gasteiger partial charge >= 0.3 is 0 Å². The maximum Gasteiger partial charge on any atom is 0.295 e. The second-order valence-electron chi connectivity index (χ2n) is 5.46. The van der Waals surface area contributed by atoms with Gasteiger partial charge in [0, 0.05) is 20.0 Å². The molecule has 1 aliphatic heterocycles. The van der Waals surface area contributed by atoms with Gasteiger partial charge in [-0.15, -0.1) is 10.2 Å². The number of aromatic nitrogens is 7. The minimum atomic E-state index is -2.68. The summed E-state index contributed by atoms with van der Waals surface area (Å²) in [5, 5.41) is 8.37. The van der Waals surface area contributed by atoms with E-state index in [2.05, 4.69) is 34.7 Å². The number of aryl methyl sites for hydroxylation is 1. The largest absolute Gasteiger partial charge is 0.350 e. The molecule has 0 radical (unpaired) electrons. The van der Waals surface area contributed by atoms with Gasteiger partial charge in [-0.1, -0.05) is 0 Å². The zero-order chi connectivity index (χ0) is 16.0. The zero-order valence-corrected chi connectivity index (χ0v) is 12.4. The fraction of sp³-hybridized carbons (Fsp3) is 0.462. The van der Waals surface area contributed by atoms with E-state index in [0.717, 1.165) is 31.0 Å². The second-order valence-corrected chi connectivity index (χ2v) is 5.46. The van der Waals surface area contributed by atoms with Crippen molar-refractivity contribution < 1.29 is 8.78 Å². The van der Waals surface area contributed by atoms with Gasteiger partial charge in [-0.05, 0) is 6.42 Å². The molecule has 23 heavy (non-hydrogen) atoms. The highest BCUT2D eigenvalue weighted by Gasteiger charge is 2.21. The van der Waals surface area contributed by atoms with Crippen molar-refractivity contribution in [3.63, 3.8) is 0 Å². The number of anilines is 1. The number of alkyl halides is 2. The van der Waals surface area contributed by atoms with Gasteiger partial charge in [0.1, 0.15) is 17.7 Å². The topological polar surface area (TPSA) is 88.4 Å². The number of rotatable bonds is 4. The van der Waals surface area contributed by atoms with Crippen LogP contribution in [0.4, 0.5) is 14.6 Å². The van der Waals surface area contributed by atoms with Crippen molar-refractivity contribution in [2.45, 2.75) is 32.4 Å². The second kappa shape index (κ2) is 5.21. The first-order valence-corrected chi connectivity index (χ1v) is 7.24. The fourth-order valence-corrected chi connectivity index (χ4v) is 2.84. The van der Waals surface area contributed by atoms with Gasteiger partial charge < -0.3 is 14.5 Å². The Balaban J connectivity index is 1.67. The Kier molecular flexibility index (Phi) is 3.17.